The van der Waals surface area contributed by atoms with E-state index in [1.807, 2.05) is 19.1 Å². The molecule has 0 N–H and O–H groups in total. The van der Waals surface area contributed by atoms with Crippen LogP contribution >= 0.6 is 11.6 Å². The highest BCUT2D eigenvalue weighted by Crippen LogP contribution is 2.35. The van der Waals surface area contributed by atoms with Crippen LogP contribution in [0.25, 0.3) is 0 Å². The fourth-order valence-corrected chi connectivity index (χ4v) is 2.24. The van der Waals surface area contributed by atoms with Crippen molar-refractivity contribution in [3.8, 4) is 0 Å². The molecule has 1 aromatic rings. The van der Waals surface area contributed by atoms with Crippen molar-refractivity contribution >= 4 is 23.0 Å². The summed E-state index contributed by atoms with van der Waals surface area (Å²) in [7, 11) is 0. The molecule has 0 radical (unpaired) electrons. The average Bonchev–Trinajstić information content (AvgIpc) is 3.19. The molecule has 5 heteroatoms. The second kappa shape index (κ2) is 5.57. The van der Waals surface area contributed by atoms with Crippen LogP contribution in [0.4, 0.5) is 11.4 Å². The third kappa shape index (κ3) is 2.93. The van der Waals surface area contributed by atoms with Gasteiger partial charge in [-0.3, -0.25) is 10.1 Å². The van der Waals surface area contributed by atoms with E-state index in [0.29, 0.717) is 17.5 Å². The van der Waals surface area contributed by atoms with Gasteiger partial charge in [-0.05, 0) is 37.3 Å². The van der Waals surface area contributed by atoms with E-state index >= 15 is 0 Å². The Bertz CT molecular complexity index is 447. The van der Waals surface area contributed by atoms with Gasteiger partial charge in [0, 0.05) is 25.0 Å². The maximum absolute atomic E-state index is 11.1. The van der Waals surface area contributed by atoms with E-state index in [0.717, 1.165) is 18.7 Å². The van der Waals surface area contributed by atoms with Crippen molar-refractivity contribution in [3.05, 3.63) is 33.9 Å². The Balaban J connectivity index is 2.30. The molecule has 0 aliphatic heterocycles. The van der Waals surface area contributed by atoms with Crippen molar-refractivity contribution in [3.63, 3.8) is 0 Å². The first-order valence-electron chi connectivity index (χ1n) is 6.24. The molecule has 0 saturated heterocycles. The molecular formula is C13H17ClN2O2. The van der Waals surface area contributed by atoms with Crippen molar-refractivity contribution in [2.45, 2.75) is 25.6 Å². The van der Waals surface area contributed by atoms with Gasteiger partial charge in [-0.15, -0.1) is 11.6 Å². The third-order valence-corrected chi connectivity index (χ3v) is 3.60. The number of nitrogens with zero attached hydrogens (tertiary/aromatic N) is 2. The molecule has 98 valence electrons. The highest BCUT2D eigenvalue weighted by Gasteiger charge is 2.27. The number of benzene rings is 1. The molecular weight excluding hydrogens is 252 g/mol. The van der Waals surface area contributed by atoms with E-state index in [1.165, 1.54) is 12.8 Å². The maximum Gasteiger partial charge on any atom is 0.292 e. The highest BCUT2D eigenvalue weighted by atomic mass is 35.5. The molecule has 0 heterocycles. The molecule has 4 nitrogen and oxygen atoms in total. The van der Waals surface area contributed by atoms with Crippen LogP contribution in [0.15, 0.2) is 18.2 Å². The standard InChI is InChI=1S/C13H17ClN2O2/c1-2-15(9-10-3-4-10)12-6-5-11(8-14)7-13(12)16(17)18/h5-7,10H,2-4,8-9H2,1H3. The van der Waals surface area contributed by atoms with Gasteiger partial charge in [0.05, 0.1) is 4.92 Å². The smallest absolute Gasteiger partial charge is 0.292 e. The SMILES string of the molecule is CCN(CC1CC1)c1ccc(CCl)cc1[N+](=O)[O-]. The molecule has 0 aromatic heterocycles. The molecule has 1 aromatic carbocycles. The zero-order valence-corrected chi connectivity index (χ0v) is 11.2. The number of halogens is 1. The molecule has 1 aliphatic rings. The minimum absolute atomic E-state index is 0.163. The monoisotopic (exact) mass is 268 g/mol. The van der Waals surface area contributed by atoms with E-state index in [1.54, 1.807) is 6.07 Å². The lowest BCUT2D eigenvalue weighted by molar-refractivity contribution is -0.384. The first-order valence-corrected chi connectivity index (χ1v) is 6.77. The van der Waals surface area contributed by atoms with Gasteiger partial charge in [-0.1, -0.05) is 6.07 Å². The van der Waals surface area contributed by atoms with Gasteiger partial charge in [0.25, 0.3) is 5.69 Å². The predicted octanol–water partition coefficient (Wildman–Crippen LogP) is 3.57. The molecule has 1 fully saturated rings. The molecule has 0 atom stereocenters. The topological polar surface area (TPSA) is 46.4 Å². The average molecular weight is 269 g/mol. The molecule has 0 spiro atoms. The number of hydrogen-bond acceptors (Lipinski definition) is 3. The Hall–Kier alpha value is -1.29. The Morgan fingerprint density at radius 1 is 1.50 bits per heavy atom. The molecule has 2 rings (SSSR count). The van der Waals surface area contributed by atoms with Gasteiger partial charge in [0.15, 0.2) is 0 Å². The summed E-state index contributed by atoms with van der Waals surface area (Å²) in [5.41, 5.74) is 1.66. The normalized spacial score (nSPS) is 14.6. The number of anilines is 1. The van der Waals surface area contributed by atoms with Crippen molar-refractivity contribution in [1.82, 2.24) is 0 Å². The largest absolute Gasteiger partial charge is 0.366 e. The Labute approximate surface area is 112 Å². The first kappa shape index (κ1) is 13.1. The summed E-state index contributed by atoms with van der Waals surface area (Å²) in [4.78, 5) is 12.9. The van der Waals surface area contributed by atoms with Gasteiger partial charge in [0.1, 0.15) is 5.69 Å². The summed E-state index contributed by atoms with van der Waals surface area (Å²) in [6.07, 6.45) is 2.48. The third-order valence-electron chi connectivity index (χ3n) is 3.29. The molecule has 18 heavy (non-hydrogen) atoms. The Kier molecular flexibility index (Phi) is 4.07. The van der Waals surface area contributed by atoms with Crippen LogP contribution in [-0.4, -0.2) is 18.0 Å². The van der Waals surface area contributed by atoms with Gasteiger partial charge < -0.3 is 4.90 Å². The minimum Gasteiger partial charge on any atom is -0.366 e. The van der Waals surface area contributed by atoms with Gasteiger partial charge in [-0.2, -0.15) is 0 Å². The summed E-state index contributed by atoms with van der Waals surface area (Å²) in [6, 6.07) is 5.27. The summed E-state index contributed by atoms with van der Waals surface area (Å²) in [5.74, 6) is 1.01. The molecule has 0 unspecified atom stereocenters. The van der Waals surface area contributed by atoms with Crippen LogP contribution in [0.3, 0.4) is 0 Å². The lowest BCUT2D eigenvalue weighted by Gasteiger charge is -2.22. The minimum atomic E-state index is -0.319. The summed E-state index contributed by atoms with van der Waals surface area (Å²) in [6.45, 7) is 3.73. The van der Waals surface area contributed by atoms with E-state index in [9.17, 15) is 10.1 Å². The molecule has 1 aliphatic carbocycles. The van der Waals surface area contributed by atoms with Crippen LogP contribution in [0.1, 0.15) is 25.3 Å². The van der Waals surface area contributed by atoms with E-state index < -0.39 is 0 Å². The van der Waals surface area contributed by atoms with Crippen LogP contribution in [-0.2, 0) is 5.88 Å². The van der Waals surface area contributed by atoms with Crippen molar-refractivity contribution in [2.75, 3.05) is 18.0 Å². The van der Waals surface area contributed by atoms with Crippen molar-refractivity contribution in [2.24, 2.45) is 5.92 Å². The molecule has 0 amide bonds. The Morgan fingerprint density at radius 2 is 2.22 bits per heavy atom. The second-order valence-electron chi connectivity index (χ2n) is 4.70. The van der Waals surface area contributed by atoms with Crippen LogP contribution in [0.5, 0.6) is 0 Å². The number of nitro benzene ring substituents is 1. The second-order valence-corrected chi connectivity index (χ2v) is 4.96. The lowest BCUT2D eigenvalue weighted by Crippen LogP contribution is -2.26. The summed E-state index contributed by atoms with van der Waals surface area (Å²) >= 11 is 5.73. The number of alkyl halides is 1. The van der Waals surface area contributed by atoms with E-state index in [-0.39, 0.29) is 10.6 Å². The first-order chi connectivity index (χ1) is 8.65. The zero-order valence-electron chi connectivity index (χ0n) is 10.4. The van der Waals surface area contributed by atoms with Gasteiger partial charge in [0.2, 0.25) is 0 Å². The number of rotatable bonds is 6. The maximum atomic E-state index is 11.1. The van der Waals surface area contributed by atoms with Gasteiger partial charge >= 0.3 is 0 Å². The van der Waals surface area contributed by atoms with Crippen LogP contribution in [0, 0.1) is 16.0 Å². The lowest BCUT2D eigenvalue weighted by atomic mass is 10.1. The zero-order chi connectivity index (χ0) is 13.1. The van der Waals surface area contributed by atoms with Gasteiger partial charge in [-0.25, -0.2) is 0 Å². The highest BCUT2D eigenvalue weighted by molar-refractivity contribution is 6.17. The number of nitro groups is 1. The van der Waals surface area contributed by atoms with Crippen molar-refractivity contribution in [1.29, 1.82) is 0 Å². The summed E-state index contributed by atoms with van der Waals surface area (Å²) < 4.78 is 0. The predicted molar refractivity (Wildman–Crippen MR) is 73.3 cm³/mol. The van der Waals surface area contributed by atoms with Crippen LogP contribution in [0.2, 0.25) is 0 Å². The number of hydrogen-bond donors (Lipinski definition) is 0. The van der Waals surface area contributed by atoms with E-state index in [2.05, 4.69) is 4.90 Å². The Morgan fingerprint density at radius 3 is 2.72 bits per heavy atom. The van der Waals surface area contributed by atoms with Crippen LogP contribution < -0.4 is 4.90 Å². The quantitative estimate of drug-likeness (QED) is 0.450. The van der Waals surface area contributed by atoms with E-state index in [4.69, 9.17) is 11.6 Å². The van der Waals surface area contributed by atoms with Crippen molar-refractivity contribution < 1.29 is 4.92 Å². The summed E-state index contributed by atoms with van der Waals surface area (Å²) in [5, 5.41) is 11.1. The molecule has 0 bridgehead atoms. The molecule has 1 saturated carbocycles. The fourth-order valence-electron chi connectivity index (χ4n) is 2.08. The fraction of sp³-hybridized carbons (Fsp3) is 0.538.